The second kappa shape index (κ2) is 8.41. The van der Waals surface area contributed by atoms with Crippen molar-refractivity contribution >= 4 is 28.1 Å². The van der Waals surface area contributed by atoms with Gasteiger partial charge in [0.25, 0.3) is 5.56 Å². The van der Waals surface area contributed by atoms with Crippen molar-refractivity contribution in [1.29, 1.82) is 0 Å². The maximum absolute atomic E-state index is 12.4. The van der Waals surface area contributed by atoms with E-state index in [9.17, 15) is 4.79 Å². The lowest BCUT2D eigenvalue weighted by Gasteiger charge is -2.23. The van der Waals surface area contributed by atoms with Gasteiger partial charge in [0.15, 0.2) is 0 Å². The molecule has 1 saturated heterocycles. The van der Waals surface area contributed by atoms with E-state index in [1.54, 1.807) is 6.20 Å². The van der Waals surface area contributed by atoms with Gasteiger partial charge in [0.05, 0.1) is 5.39 Å². The molecule has 0 spiro atoms. The number of hydrogen-bond acceptors (Lipinski definition) is 6. The third-order valence-electron chi connectivity index (χ3n) is 5.19. The SMILES string of the molecule is NCCNc1cc2cc[nH]c(=O)c2c(Nc2ccc(C3CCNCC3)cc2)n1. The molecule has 7 heteroatoms. The zero-order valence-electron chi connectivity index (χ0n) is 15.8. The van der Waals surface area contributed by atoms with E-state index in [1.807, 2.05) is 12.1 Å². The highest BCUT2D eigenvalue weighted by atomic mass is 16.1. The molecule has 146 valence electrons. The molecule has 0 radical (unpaired) electrons. The lowest BCUT2D eigenvalue weighted by molar-refractivity contribution is 0.460. The predicted molar refractivity (Wildman–Crippen MR) is 114 cm³/mol. The molecule has 1 fully saturated rings. The van der Waals surface area contributed by atoms with Crippen LogP contribution in [0.2, 0.25) is 0 Å². The van der Waals surface area contributed by atoms with Gasteiger partial charge in [0, 0.05) is 25.0 Å². The topological polar surface area (TPSA) is 108 Å². The Morgan fingerprint density at radius 3 is 2.68 bits per heavy atom. The Bertz CT molecular complexity index is 992. The summed E-state index contributed by atoms with van der Waals surface area (Å²) in [5, 5.41) is 11.3. The van der Waals surface area contributed by atoms with Gasteiger partial charge in [0.2, 0.25) is 0 Å². The first-order chi connectivity index (χ1) is 13.7. The van der Waals surface area contributed by atoms with E-state index >= 15 is 0 Å². The molecule has 2 aromatic heterocycles. The first kappa shape index (κ1) is 18.5. The van der Waals surface area contributed by atoms with Crippen molar-refractivity contribution in [3.8, 4) is 0 Å². The first-order valence-corrected chi connectivity index (χ1v) is 9.78. The van der Waals surface area contributed by atoms with Crippen molar-refractivity contribution in [3.05, 3.63) is 58.5 Å². The summed E-state index contributed by atoms with van der Waals surface area (Å²) in [5.41, 5.74) is 7.69. The summed E-state index contributed by atoms with van der Waals surface area (Å²) in [6.45, 7) is 3.28. The molecule has 0 saturated carbocycles. The number of nitrogens with two attached hydrogens (primary N) is 1. The number of piperidine rings is 1. The van der Waals surface area contributed by atoms with Gasteiger partial charge in [-0.15, -0.1) is 0 Å². The van der Waals surface area contributed by atoms with Gasteiger partial charge in [-0.05, 0) is 67.1 Å². The van der Waals surface area contributed by atoms with E-state index in [4.69, 9.17) is 5.73 Å². The van der Waals surface area contributed by atoms with E-state index in [1.165, 1.54) is 18.4 Å². The number of H-pyrrole nitrogens is 1. The molecule has 0 unspecified atom stereocenters. The number of nitrogens with zero attached hydrogens (tertiary/aromatic N) is 1. The number of pyridine rings is 2. The highest BCUT2D eigenvalue weighted by Gasteiger charge is 2.15. The number of hydrogen-bond donors (Lipinski definition) is 5. The largest absolute Gasteiger partial charge is 0.369 e. The molecule has 0 bridgehead atoms. The van der Waals surface area contributed by atoms with Crippen LogP contribution in [0.4, 0.5) is 17.3 Å². The van der Waals surface area contributed by atoms with Crippen molar-refractivity contribution in [2.24, 2.45) is 5.73 Å². The van der Waals surface area contributed by atoms with Crippen molar-refractivity contribution < 1.29 is 0 Å². The lowest BCUT2D eigenvalue weighted by Crippen LogP contribution is -2.26. The summed E-state index contributed by atoms with van der Waals surface area (Å²) in [5.74, 6) is 1.84. The first-order valence-electron chi connectivity index (χ1n) is 9.78. The predicted octanol–water partition coefficient (Wildman–Crippen LogP) is 2.50. The van der Waals surface area contributed by atoms with Crippen molar-refractivity contribution in [1.82, 2.24) is 15.3 Å². The number of anilines is 3. The summed E-state index contributed by atoms with van der Waals surface area (Å²) in [6.07, 6.45) is 3.99. The zero-order chi connectivity index (χ0) is 19.3. The Morgan fingerprint density at radius 1 is 1.14 bits per heavy atom. The molecular weight excluding hydrogens is 352 g/mol. The van der Waals surface area contributed by atoms with Crippen LogP contribution in [0.3, 0.4) is 0 Å². The molecule has 3 heterocycles. The smallest absolute Gasteiger partial charge is 0.259 e. The summed E-state index contributed by atoms with van der Waals surface area (Å²) >= 11 is 0. The van der Waals surface area contributed by atoms with E-state index in [2.05, 4.69) is 50.2 Å². The quantitative estimate of drug-likeness (QED) is 0.451. The monoisotopic (exact) mass is 378 g/mol. The van der Waals surface area contributed by atoms with Gasteiger partial charge < -0.3 is 26.7 Å². The summed E-state index contributed by atoms with van der Waals surface area (Å²) in [4.78, 5) is 19.7. The molecule has 1 aromatic carbocycles. The number of aromatic nitrogens is 2. The molecule has 7 nitrogen and oxygen atoms in total. The van der Waals surface area contributed by atoms with Gasteiger partial charge in [-0.2, -0.15) is 0 Å². The third-order valence-corrected chi connectivity index (χ3v) is 5.19. The van der Waals surface area contributed by atoms with E-state index < -0.39 is 0 Å². The number of benzene rings is 1. The number of nitrogens with one attached hydrogen (secondary N) is 4. The molecule has 1 aliphatic rings. The minimum absolute atomic E-state index is 0.163. The summed E-state index contributed by atoms with van der Waals surface area (Å²) in [7, 11) is 0. The van der Waals surface area contributed by atoms with Gasteiger partial charge >= 0.3 is 0 Å². The van der Waals surface area contributed by atoms with Crippen LogP contribution in [0.15, 0.2) is 47.4 Å². The lowest BCUT2D eigenvalue weighted by atomic mass is 9.90. The molecule has 4 rings (SSSR count). The Kier molecular flexibility index (Phi) is 5.55. The van der Waals surface area contributed by atoms with E-state index in [0.717, 1.165) is 24.2 Å². The van der Waals surface area contributed by atoms with Crippen LogP contribution in [0.5, 0.6) is 0 Å². The van der Waals surface area contributed by atoms with Gasteiger partial charge in [-0.3, -0.25) is 4.79 Å². The van der Waals surface area contributed by atoms with Crippen LogP contribution >= 0.6 is 0 Å². The Morgan fingerprint density at radius 2 is 1.93 bits per heavy atom. The molecule has 0 aliphatic carbocycles. The zero-order valence-corrected chi connectivity index (χ0v) is 15.8. The number of rotatable bonds is 6. The maximum Gasteiger partial charge on any atom is 0.259 e. The average molecular weight is 378 g/mol. The number of fused-ring (bicyclic) bond motifs is 1. The second-order valence-electron chi connectivity index (χ2n) is 7.11. The maximum atomic E-state index is 12.4. The minimum atomic E-state index is -0.163. The summed E-state index contributed by atoms with van der Waals surface area (Å²) in [6, 6.07) is 12.2. The van der Waals surface area contributed by atoms with E-state index in [0.29, 0.717) is 36.0 Å². The molecular formula is C21H26N6O. The molecule has 0 amide bonds. The standard InChI is InChI=1S/C21H26N6O/c22-8-12-24-18-13-16-7-11-25-21(28)19(16)20(27-18)26-17-3-1-14(2-4-17)15-5-9-23-10-6-15/h1-4,7,11,13,15,23H,5-6,8-10,12,22H2,(H,25,28)(H2,24,26,27). The number of aromatic amines is 1. The highest BCUT2D eigenvalue weighted by molar-refractivity contribution is 5.94. The molecule has 0 atom stereocenters. The summed E-state index contributed by atoms with van der Waals surface area (Å²) < 4.78 is 0. The molecule has 6 N–H and O–H groups in total. The Hall–Kier alpha value is -2.90. The van der Waals surface area contributed by atoms with Crippen LogP contribution in [0.1, 0.15) is 24.3 Å². The average Bonchev–Trinajstić information content (AvgIpc) is 2.73. The normalized spacial score (nSPS) is 14.9. The van der Waals surface area contributed by atoms with E-state index in [-0.39, 0.29) is 5.56 Å². The minimum Gasteiger partial charge on any atom is -0.369 e. The van der Waals surface area contributed by atoms with Crippen LogP contribution < -0.4 is 27.2 Å². The fraction of sp³-hybridized carbons (Fsp3) is 0.333. The highest BCUT2D eigenvalue weighted by Crippen LogP contribution is 2.28. The fourth-order valence-electron chi connectivity index (χ4n) is 3.73. The van der Waals surface area contributed by atoms with Gasteiger partial charge in [0.1, 0.15) is 11.6 Å². The van der Waals surface area contributed by atoms with Crippen molar-refractivity contribution in [3.63, 3.8) is 0 Å². The van der Waals surface area contributed by atoms with Crippen LogP contribution in [0.25, 0.3) is 10.8 Å². The van der Waals surface area contributed by atoms with Gasteiger partial charge in [-0.1, -0.05) is 12.1 Å². The fourth-order valence-corrected chi connectivity index (χ4v) is 3.73. The van der Waals surface area contributed by atoms with Crippen LogP contribution in [-0.2, 0) is 0 Å². The van der Waals surface area contributed by atoms with Crippen LogP contribution in [-0.4, -0.2) is 36.1 Å². The van der Waals surface area contributed by atoms with Crippen LogP contribution in [0, 0.1) is 0 Å². The molecule has 28 heavy (non-hydrogen) atoms. The third kappa shape index (κ3) is 4.00. The van der Waals surface area contributed by atoms with Crippen molar-refractivity contribution in [2.45, 2.75) is 18.8 Å². The molecule has 3 aromatic rings. The van der Waals surface area contributed by atoms with Crippen molar-refractivity contribution in [2.75, 3.05) is 36.8 Å². The second-order valence-corrected chi connectivity index (χ2v) is 7.11. The van der Waals surface area contributed by atoms with Gasteiger partial charge in [-0.25, -0.2) is 4.98 Å². The molecule has 1 aliphatic heterocycles. The Labute approximate surface area is 163 Å². The Balaban J connectivity index is 1.63.